The Balaban J connectivity index is 2.20. The number of hydrogen-bond acceptors (Lipinski definition) is 3. The second-order valence-corrected chi connectivity index (χ2v) is 4.10. The highest BCUT2D eigenvalue weighted by Gasteiger charge is 2.61. The van der Waals surface area contributed by atoms with Gasteiger partial charge >= 0.3 is 6.18 Å². The highest BCUT2D eigenvalue weighted by atomic mass is 19.4. The summed E-state index contributed by atoms with van der Waals surface area (Å²) in [6.45, 7) is 0.176. The second kappa shape index (κ2) is 4.56. The second-order valence-electron chi connectivity index (χ2n) is 4.10. The van der Waals surface area contributed by atoms with Crippen LogP contribution in [0.2, 0.25) is 0 Å². The molecule has 0 bridgehead atoms. The molecule has 0 radical (unpaired) electrons. The van der Waals surface area contributed by atoms with Gasteiger partial charge in [0, 0.05) is 6.20 Å². The smallest absolute Gasteiger partial charge is 0.309 e. The Kier molecular flexibility index (Phi) is 3.25. The fourth-order valence-corrected chi connectivity index (χ4v) is 1.97. The molecular formula is C11H12F3N3O. The van der Waals surface area contributed by atoms with E-state index < -0.39 is 17.6 Å². The zero-order valence-electron chi connectivity index (χ0n) is 9.42. The largest absolute Gasteiger partial charge is 0.415 e. The van der Waals surface area contributed by atoms with Gasteiger partial charge in [-0.1, -0.05) is 6.07 Å². The van der Waals surface area contributed by atoms with Gasteiger partial charge in [0.25, 0.3) is 5.91 Å². The van der Waals surface area contributed by atoms with Crippen molar-refractivity contribution in [1.29, 1.82) is 0 Å². The van der Waals surface area contributed by atoms with E-state index in [4.69, 9.17) is 0 Å². The molecule has 0 aliphatic carbocycles. The third-order valence-corrected chi connectivity index (χ3v) is 2.93. The summed E-state index contributed by atoms with van der Waals surface area (Å²) in [5.41, 5.74) is -2.50. The standard InChI is InChI=1S/C11H12F3N3O/c12-11(13,14)10(5-3-7-16-10)9(18)17-8-4-1-2-6-15-8/h1-2,4,6,16H,3,5,7H2,(H,15,17,18). The molecule has 18 heavy (non-hydrogen) atoms. The molecule has 1 saturated heterocycles. The lowest BCUT2D eigenvalue weighted by Gasteiger charge is -2.30. The third kappa shape index (κ3) is 2.17. The number of carbonyl (C=O) groups is 1. The molecule has 1 aliphatic rings. The molecule has 1 aliphatic heterocycles. The number of carbonyl (C=O) groups excluding carboxylic acids is 1. The highest BCUT2D eigenvalue weighted by Crippen LogP contribution is 2.37. The summed E-state index contributed by atoms with van der Waals surface area (Å²) in [7, 11) is 0. The number of hydrogen-bond donors (Lipinski definition) is 2. The lowest BCUT2D eigenvalue weighted by Crippen LogP contribution is -2.61. The minimum atomic E-state index is -4.62. The summed E-state index contributed by atoms with van der Waals surface area (Å²) in [5.74, 6) is -0.994. The number of aromatic nitrogens is 1. The lowest BCUT2D eigenvalue weighted by atomic mass is 9.95. The highest BCUT2D eigenvalue weighted by molar-refractivity contribution is 5.98. The number of halogens is 3. The van der Waals surface area contributed by atoms with Crippen LogP contribution in [0, 0.1) is 0 Å². The molecule has 1 atom stereocenters. The Labute approximate surface area is 102 Å². The van der Waals surface area contributed by atoms with Crippen molar-refractivity contribution in [2.24, 2.45) is 0 Å². The molecule has 2 N–H and O–H groups in total. The van der Waals surface area contributed by atoms with Gasteiger partial charge in [0.15, 0.2) is 5.54 Å². The summed E-state index contributed by atoms with van der Waals surface area (Å²) >= 11 is 0. The predicted octanol–water partition coefficient (Wildman–Crippen LogP) is 1.70. The first-order valence-electron chi connectivity index (χ1n) is 5.50. The van der Waals surface area contributed by atoms with Crippen molar-refractivity contribution in [1.82, 2.24) is 10.3 Å². The minimum Gasteiger partial charge on any atom is -0.309 e. The third-order valence-electron chi connectivity index (χ3n) is 2.93. The number of alkyl halides is 3. The van der Waals surface area contributed by atoms with Gasteiger partial charge in [-0.3, -0.25) is 10.1 Å². The quantitative estimate of drug-likeness (QED) is 0.850. The SMILES string of the molecule is O=C(Nc1ccccn1)C1(C(F)(F)F)CCCN1. The molecule has 1 unspecified atom stereocenters. The Bertz CT molecular complexity index is 427. The lowest BCUT2D eigenvalue weighted by molar-refractivity contribution is -0.193. The molecule has 0 saturated carbocycles. The number of rotatable bonds is 2. The van der Waals surface area contributed by atoms with Gasteiger partial charge in [0.1, 0.15) is 5.82 Å². The van der Waals surface area contributed by atoms with Crippen LogP contribution in [0.3, 0.4) is 0 Å². The van der Waals surface area contributed by atoms with E-state index >= 15 is 0 Å². The first-order valence-corrected chi connectivity index (χ1v) is 5.50. The Morgan fingerprint density at radius 1 is 1.44 bits per heavy atom. The van der Waals surface area contributed by atoms with E-state index in [-0.39, 0.29) is 18.8 Å². The maximum absolute atomic E-state index is 13.0. The molecule has 0 spiro atoms. The molecule has 0 aromatic carbocycles. The summed E-state index contributed by atoms with van der Waals surface area (Å²) in [6.07, 6.45) is -3.16. The van der Waals surface area contributed by atoms with Crippen LogP contribution in [0.1, 0.15) is 12.8 Å². The van der Waals surface area contributed by atoms with Gasteiger partial charge in [-0.25, -0.2) is 4.98 Å². The van der Waals surface area contributed by atoms with Crippen molar-refractivity contribution < 1.29 is 18.0 Å². The van der Waals surface area contributed by atoms with E-state index in [9.17, 15) is 18.0 Å². The molecule has 1 aromatic rings. The molecule has 7 heteroatoms. The van der Waals surface area contributed by atoms with Crippen LogP contribution in [0.15, 0.2) is 24.4 Å². The number of nitrogens with zero attached hydrogens (tertiary/aromatic N) is 1. The number of amides is 1. The van der Waals surface area contributed by atoms with Gasteiger partial charge in [-0.05, 0) is 31.5 Å². The van der Waals surface area contributed by atoms with Crippen LogP contribution >= 0.6 is 0 Å². The fraction of sp³-hybridized carbons (Fsp3) is 0.455. The Morgan fingerprint density at radius 3 is 2.72 bits per heavy atom. The first-order chi connectivity index (χ1) is 8.46. The van der Waals surface area contributed by atoms with Crippen molar-refractivity contribution in [2.45, 2.75) is 24.6 Å². The van der Waals surface area contributed by atoms with E-state index in [2.05, 4.69) is 15.6 Å². The van der Waals surface area contributed by atoms with E-state index in [1.54, 1.807) is 12.1 Å². The monoisotopic (exact) mass is 259 g/mol. The van der Waals surface area contributed by atoms with E-state index in [0.717, 1.165) is 0 Å². The molecular weight excluding hydrogens is 247 g/mol. The number of anilines is 1. The first kappa shape index (κ1) is 12.8. The maximum Gasteiger partial charge on any atom is 0.415 e. The molecule has 1 amide bonds. The summed E-state index contributed by atoms with van der Waals surface area (Å²) < 4.78 is 39.1. The Hall–Kier alpha value is -1.63. The van der Waals surface area contributed by atoms with Crippen LogP contribution in [0.4, 0.5) is 19.0 Å². The fourth-order valence-electron chi connectivity index (χ4n) is 1.97. The van der Waals surface area contributed by atoms with Crippen molar-refractivity contribution in [3.05, 3.63) is 24.4 Å². The van der Waals surface area contributed by atoms with E-state index in [1.165, 1.54) is 12.3 Å². The van der Waals surface area contributed by atoms with Crippen molar-refractivity contribution in [3.8, 4) is 0 Å². The minimum absolute atomic E-state index is 0.111. The molecule has 98 valence electrons. The molecule has 4 nitrogen and oxygen atoms in total. The number of nitrogens with one attached hydrogen (secondary N) is 2. The van der Waals surface area contributed by atoms with E-state index in [1.807, 2.05) is 0 Å². The summed E-state index contributed by atoms with van der Waals surface area (Å²) in [4.78, 5) is 15.6. The summed E-state index contributed by atoms with van der Waals surface area (Å²) in [5, 5.41) is 4.46. The van der Waals surface area contributed by atoms with Gasteiger partial charge in [0.2, 0.25) is 0 Å². The predicted molar refractivity (Wildman–Crippen MR) is 58.9 cm³/mol. The van der Waals surface area contributed by atoms with Crippen molar-refractivity contribution in [2.75, 3.05) is 11.9 Å². The van der Waals surface area contributed by atoms with Gasteiger partial charge in [0.05, 0.1) is 0 Å². The van der Waals surface area contributed by atoms with Gasteiger partial charge in [-0.2, -0.15) is 13.2 Å². The van der Waals surface area contributed by atoms with Crippen LogP contribution in [-0.2, 0) is 4.79 Å². The molecule has 1 fully saturated rings. The molecule has 2 heterocycles. The van der Waals surface area contributed by atoms with E-state index in [0.29, 0.717) is 6.42 Å². The van der Waals surface area contributed by atoms with Gasteiger partial charge in [-0.15, -0.1) is 0 Å². The van der Waals surface area contributed by atoms with Crippen molar-refractivity contribution in [3.63, 3.8) is 0 Å². The van der Waals surface area contributed by atoms with Crippen LogP contribution < -0.4 is 10.6 Å². The van der Waals surface area contributed by atoms with Gasteiger partial charge < -0.3 is 5.32 Å². The molecule has 1 aromatic heterocycles. The Morgan fingerprint density at radius 2 is 2.22 bits per heavy atom. The van der Waals surface area contributed by atoms with Crippen LogP contribution in [0.25, 0.3) is 0 Å². The zero-order chi connectivity index (χ0) is 13.2. The number of pyridine rings is 1. The normalized spacial score (nSPS) is 23.9. The maximum atomic E-state index is 13.0. The van der Waals surface area contributed by atoms with Crippen LogP contribution in [-0.4, -0.2) is 29.2 Å². The zero-order valence-corrected chi connectivity index (χ0v) is 9.42. The average Bonchev–Trinajstić information content (AvgIpc) is 2.80. The average molecular weight is 259 g/mol. The van der Waals surface area contributed by atoms with Crippen LogP contribution in [0.5, 0.6) is 0 Å². The summed E-state index contributed by atoms with van der Waals surface area (Å²) in [6, 6.07) is 4.64. The molecule has 2 rings (SSSR count). The topological polar surface area (TPSA) is 54.0 Å². The van der Waals surface area contributed by atoms with Crippen molar-refractivity contribution >= 4 is 11.7 Å².